The van der Waals surface area contributed by atoms with E-state index < -0.39 is 29.2 Å². The van der Waals surface area contributed by atoms with Crippen molar-refractivity contribution in [3.8, 4) is 5.75 Å². The topological polar surface area (TPSA) is 113 Å². The normalized spacial score (nSPS) is 24.4. The lowest BCUT2D eigenvalue weighted by Gasteiger charge is -2.42. The summed E-state index contributed by atoms with van der Waals surface area (Å²) >= 11 is 0. The van der Waals surface area contributed by atoms with Crippen LogP contribution in [0.15, 0.2) is 24.3 Å². The molecule has 0 atom stereocenters. The second-order valence-corrected chi connectivity index (χ2v) is 10.8. The number of rotatable bonds is 7. The summed E-state index contributed by atoms with van der Waals surface area (Å²) < 4.78 is 73.5. The predicted octanol–water partition coefficient (Wildman–Crippen LogP) is 4.31. The van der Waals surface area contributed by atoms with E-state index >= 15 is 0 Å². The number of halogens is 5. The summed E-state index contributed by atoms with van der Waals surface area (Å²) in [5, 5.41) is 15.4. The van der Waals surface area contributed by atoms with Gasteiger partial charge >= 0.3 is 6.18 Å². The Kier molecular flexibility index (Phi) is 6.86. The number of hydrogen-bond acceptors (Lipinski definition) is 7. The Bertz CT molecular complexity index is 1250. The number of nitrogens with zero attached hydrogens (tertiary/aromatic N) is 2. The third-order valence-electron chi connectivity index (χ3n) is 7.83. The van der Waals surface area contributed by atoms with Gasteiger partial charge in [-0.05, 0) is 63.9 Å². The molecule has 1 saturated carbocycles. The first-order valence-electron chi connectivity index (χ1n) is 12.7. The fourth-order valence-electron chi connectivity index (χ4n) is 5.74. The number of pyridine rings is 1. The number of hydrogen-bond donors (Lipinski definition) is 4. The Labute approximate surface area is 221 Å². The molecule has 1 spiro atoms. The van der Waals surface area contributed by atoms with E-state index in [-0.39, 0.29) is 41.4 Å². The van der Waals surface area contributed by atoms with Gasteiger partial charge in [0, 0.05) is 18.7 Å². The molecule has 1 amide bonds. The molecule has 3 aliphatic rings. The van der Waals surface area contributed by atoms with Crippen LogP contribution in [0.4, 0.5) is 39.0 Å². The van der Waals surface area contributed by atoms with Crippen molar-refractivity contribution in [2.24, 2.45) is 0 Å². The van der Waals surface area contributed by atoms with Crippen LogP contribution in [0.3, 0.4) is 0 Å². The van der Waals surface area contributed by atoms with Crippen LogP contribution in [-0.4, -0.2) is 58.8 Å². The van der Waals surface area contributed by atoms with Crippen LogP contribution in [0.2, 0.25) is 0 Å². The van der Waals surface area contributed by atoms with Gasteiger partial charge < -0.3 is 26.2 Å². The quantitative estimate of drug-likeness (QED) is 0.298. The fourth-order valence-corrected chi connectivity index (χ4v) is 5.74. The molecule has 1 aromatic heterocycles. The van der Waals surface area contributed by atoms with Crippen LogP contribution in [0.25, 0.3) is 0 Å². The number of carbonyl (C=O) groups is 1. The first-order chi connectivity index (χ1) is 18.3. The lowest BCUT2D eigenvalue weighted by Crippen LogP contribution is -2.48. The van der Waals surface area contributed by atoms with E-state index in [0.29, 0.717) is 56.7 Å². The molecular weight excluding hydrogens is 525 g/mol. The van der Waals surface area contributed by atoms with E-state index in [1.165, 1.54) is 18.2 Å². The number of piperidine rings is 1. The first-order valence-corrected chi connectivity index (χ1v) is 12.7. The highest BCUT2D eigenvalue weighted by molar-refractivity contribution is 6.05. The molecule has 39 heavy (non-hydrogen) atoms. The number of likely N-dealkylation sites (tertiary alicyclic amines) is 1. The number of nitrogens with one attached hydrogen (secondary N) is 2. The second kappa shape index (κ2) is 9.77. The van der Waals surface area contributed by atoms with Gasteiger partial charge in [-0.3, -0.25) is 9.69 Å². The minimum Gasteiger partial charge on any atom is -0.492 e. The largest absolute Gasteiger partial charge is 0.492 e. The van der Waals surface area contributed by atoms with Gasteiger partial charge in [0.05, 0.1) is 39.3 Å². The highest BCUT2D eigenvalue weighted by Crippen LogP contribution is 2.45. The number of nitrogen functional groups attached to an aromatic ring is 1. The Morgan fingerprint density at radius 2 is 1.95 bits per heavy atom. The number of fused-ring (bicyclic) bond motifs is 2. The molecule has 1 aromatic carbocycles. The van der Waals surface area contributed by atoms with Crippen molar-refractivity contribution in [1.82, 2.24) is 9.88 Å². The number of anilines is 3. The number of amides is 1. The number of benzene rings is 1. The van der Waals surface area contributed by atoms with Crippen molar-refractivity contribution < 1.29 is 36.6 Å². The van der Waals surface area contributed by atoms with Crippen molar-refractivity contribution in [3.63, 3.8) is 0 Å². The molecule has 0 unspecified atom stereocenters. The molecule has 2 aliphatic heterocycles. The van der Waals surface area contributed by atoms with Gasteiger partial charge in [-0.25, -0.2) is 13.8 Å². The zero-order valence-corrected chi connectivity index (χ0v) is 21.2. The molecule has 3 heterocycles. The smallest absolute Gasteiger partial charge is 0.418 e. The van der Waals surface area contributed by atoms with Gasteiger partial charge in [0.1, 0.15) is 18.1 Å². The SMILES string of the molecule is CC1(O)CC(Nc2c(N)cc(OCCN3CCC4(CC3)C(=O)Nc3ccc(C(F)F)nc34)cc2C(F)(F)F)C1. The molecule has 1 aliphatic carbocycles. The maximum absolute atomic E-state index is 13.8. The summed E-state index contributed by atoms with van der Waals surface area (Å²) in [4.78, 5) is 18.9. The highest BCUT2D eigenvalue weighted by Gasteiger charge is 2.50. The zero-order valence-electron chi connectivity index (χ0n) is 21.2. The Morgan fingerprint density at radius 3 is 2.56 bits per heavy atom. The molecule has 1 saturated heterocycles. The molecular formula is C26H30F5N5O3. The van der Waals surface area contributed by atoms with Crippen molar-refractivity contribution in [2.45, 2.75) is 62.3 Å². The van der Waals surface area contributed by atoms with Crippen molar-refractivity contribution in [1.29, 1.82) is 0 Å². The summed E-state index contributed by atoms with van der Waals surface area (Å²) in [6, 6.07) is 4.59. The van der Waals surface area contributed by atoms with Gasteiger partial charge in [-0.1, -0.05) is 0 Å². The summed E-state index contributed by atoms with van der Waals surface area (Å²) in [6.45, 7) is 3.01. The van der Waals surface area contributed by atoms with Gasteiger partial charge in [-0.15, -0.1) is 0 Å². The van der Waals surface area contributed by atoms with Crippen LogP contribution in [0.1, 0.15) is 56.0 Å². The third kappa shape index (κ3) is 5.33. The summed E-state index contributed by atoms with van der Waals surface area (Å²) in [6.07, 6.45) is -6.05. The van der Waals surface area contributed by atoms with Crippen molar-refractivity contribution >= 4 is 23.0 Å². The average molecular weight is 556 g/mol. The number of aromatic nitrogens is 1. The Balaban J connectivity index is 1.20. The monoisotopic (exact) mass is 555 g/mol. The number of nitrogens with two attached hydrogens (primary N) is 1. The van der Waals surface area contributed by atoms with Gasteiger partial charge in [0.2, 0.25) is 5.91 Å². The first kappa shape index (κ1) is 27.4. The standard InChI is InChI=1S/C26H30F5N5O3/c1-24(38)12-14(13-24)33-20-16(26(29,30)31)10-15(11-17(20)32)39-9-8-36-6-4-25(5-7-36)21-18(35-23(25)37)2-3-19(34-21)22(27)28/h2-3,10-11,14,22,33,38H,4-9,12-13,32H2,1H3,(H,35,37). The third-order valence-corrected chi connectivity index (χ3v) is 7.83. The van der Waals surface area contributed by atoms with E-state index in [4.69, 9.17) is 10.5 Å². The second-order valence-electron chi connectivity index (χ2n) is 10.8. The molecule has 0 radical (unpaired) electrons. The minimum atomic E-state index is -4.67. The van der Waals surface area contributed by atoms with Gasteiger partial charge in [0.25, 0.3) is 6.43 Å². The van der Waals surface area contributed by atoms with Crippen LogP contribution in [0.5, 0.6) is 5.75 Å². The molecule has 8 nitrogen and oxygen atoms in total. The highest BCUT2D eigenvalue weighted by atomic mass is 19.4. The van der Waals surface area contributed by atoms with Crippen molar-refractivity contribution in [3.05, 3.63) is 41.2 Å². The maximum Gasteiger partial charge on any atom is 0.418 e. The van der Waals surface area contributed by atoms with Gasteiger partial charge in [0.15, 0.2) is 0 Å². The Hall–Kier alpha value is -3.19. The van der Waals surface area contributed by atoms with Crippen LogP contribution in [0, 0.1) is 0 Å². The van der Waals surface area contributed by atoms with E-state index in [1.807, 2.05) is 4.90 Å². The average Bonchev–Trinajstić information content (AvgIpc) is 3.10. The number of ether oxygens (including phenoxy) is 1. The van der Waals surface area contributed by atoms with Crippen LogP contribution >= 0.6 is 0 Å². The minimum absolute atomic E-state index is 0.0210. The molecule has 2 fully saturated rings. The fraction of sp³-hybridized carbons (Fsp3) is 0.538. The summed E-state index contributed by atoms with van der Waals surface area (Å²) in [5.74, 6) is -0.283. The van der Waals surface area contributed by atoms with E-state index in [9.17, 15) is 31.9 Å². The number of alkyl halides is 5. The van der Waals surface area contributed by atoms with Gasteiger partial charge in [-0.2, -0.15) is 13.2 Å². The number of aliphatic hydroxyl groups is 1. The molecule has 13 heteroatoms. The molecule has 0 bridgehead atoms. The molecule has 5 N–H and O–H groups in total. The lowest BCUT2D eigenvalue weighted by molar-refractivity contribution is -0.137. The van der Waals surface area contributed by atoms with Crippen LogP contribution < -0.4 is 21.1 Å². The molecule has 5 rings (SSSR count). The molecule has 2 aromatic rings. The predicted molar refractivity (Wildman–Crippen MR) is 134 cm³/mol. The van der Waals surface area contributed by atoms with Crippen molar-refractivity contribution in [2.75, 3.05) is 42.6 Å². The van der Waals surface area contributed by atoms with E-state index in [0.717, 1.165) is 6.07 Å². The Morgan fingerprint density at radius 1 is 1.26 bits per heavy atom. The van der Waals surface area contributed by atoms with E-state index in [2.05, 4.69) is 15.6 Å². The summed E-state index contributed by atoms with van der Waals surface area (Å²) in [7, 11) is 0. The van der Waals surface area contributed by atoms with E-state index in [1.54, 1.807) is 6.92 Å². The zero-order chi connectivity index (χ0) is 28.2. The summed E-state index contributed by atoms with van der Waals surface area (Å²) in [5.41, 5.74) is 3.22. The number of carbonyl (C=O) groups excluding carboxylic acids is 1. The lowest BCUT2D eigenvalue weighted by atomic mass is 9.76. The maximum atomic E-state index is 13.8. The molecule has 212 valence electrons. The van der Waals surface area contributed by atoms with Crippen LogP contribution in [-0.2, 0) is 16.4 Å².